The fraction of sp³-hybridized carbons (Fsp3) is 0.200. The summed E-state index contributed by atoms with van der Waals surface area (Å²) in [6.45, 7) is 3.48. The maximum absolute atomic E-state index is 12.9. The van der Waals surface area contributed by atoms with E-state index >= 15 is 0 Å². The molecule has 0 saturated heterocycles. The number of nitrogens with one attached hydrogen (secondary N) is 2. The summed E-state index contributed by atoms with van der Waals surface area (Å²) < 4.78 is 12.9. The standard InChI is InChI=1S/C20H21FN4/c1-15-2-4-17(5-3-15)14-24-19-11-13-23-20(25-19)22-12-10-16-6-8-18(21)9-7-16/h2-9,11,13H,10,12,14H2,1H3,(H2,22,23,24,25). The molecule has 0 bridgehead atoms. The highest BCUT2D eigenvalue weighted by molar-refractivity contribution is 5.40. The maximum atomic E-state index is 12.9. The molecule has 2 aromatic carbocycles. The number of halogens is 1. The first kappa shape index (κ1) is 16.9. The van der Waals surface area contributed by atoms with E-state index in [-0.39, 0.29) is 5.82 Å². The normalized spacial score (nSPS) is 10.5. The van der Waals surface area contributed by atoms with E-state index in [2.05, 4.69) is 51.8 Å². The molecule has 0 saturated carbocycles. The van der Waals surface area contributed by atoms with Crippen LogP contribution in [0.3, 0.4) is 0 Å². The Kier molecular flexibility index (Phi) is 5.57. The van der Waals surface area contributed by atoms with Gasteiger partial charge in [-0.2, -0.15) is 4.98 Å². The van der Waals surface area contributed by atoms with Gasteiger partial charge in [0.1, 0.15) is 11.6 Å². The lowest BCUT2D eigenvalue weighted by molar-refractivity contribution is 0.627. The first-order valence-corrected chi connectivity index (χ1v) is 8.30. The van der Waals surface area contributed by atoms with Crippen LogP contribution in [-0.4, -0.2) is 16.5 Å². The monoisotopic (exact) mass is 336 g/mol. The van der Waals surface area contributed by atoms with E-state index in [0.29, 0.717) is 19.0 Å². The fourth-order valence-electron chi connectivity index (χ4n) is 2.41. The van der Waals surface area contributed by atoms with Crippen LogP contribution in [0, 0.1) is 12.7 Å². The van der Waals surface area contributed by atoms with Gasteiger partial charge in [-0.3, -0.25) is 0 Å². The van der Waals surface area contributed by atoms with Gasteiger partial charge in [-0.05, 0) is 42.7 Å². The Balaban J connectivity index is 1.50. The van der Waals surface area contributed by atoms with Gasteiger partial charge in [-0.25, -0.2) is 9.37 Å². The van der Waals surface area contributed by atoms with Gasteiger partial charge in [0.2, 0.25) is 5.95 Å². The Labute approximate surface area is 147 Å². The van der Waals surface area contributed by atoms with Gasteiger partial charge in [0.05, 0.1) is 0 Å². The Morgan fingerprint density at radius 3 is 2.36 bits per heavy atom. The highest BCUT2D eigenvalue weighted by atomic mass is 19.1. The Morgan fingerprint density at radius 1 is 0.880 bits per heavy atom. The molecule has 0 aliphatic heterocycles. The van der Waals surface area contributed by atoms with Crippen molar-refractivity contribution in [3.05, 3.63) is 83.3 Å². The van der Waals surface area contributed by atoms with Crippen LogP contribution >= 0.6 is 0 Å². The van der Waals surface area contributed by atoms with Crippen LogP contribution in [-0.2, 0) is 13.0 Å². The summed E-state index contributed by atoms with van der Waals surface area (Å²) >= 11 is 0. The number of anilines is 2. The lowest BCUT2D eigenvalue weighted by Crippen LogP contribution is -2.09. The number of rotatable bonds is 7. The van der Waals surface area contributed by atoms with Crippen molar-refractivity contribution in [2.75, 3.05) is 17.2 Å². The first-order valence-electron chi connectivity index (χ1n) is 8.30. The van der Waals surface area contributed by atoms with Gasteiger partial charge in [0, 0.05) is 19.3 Å². The number of benzene rings is 2. The lowest BCUT2D eigenvalue weighted by Gasteiger charge is -2.09. The Bertz CT molecular complexity index is 801. The SMILES string of the molecule is Cc1ccc(CNc2ccnc(NCCc3ccc(F)cc3)n2)cc1. The molecule has 128 valence electrons. The second-order valence-electron chi connectivity index (χ2n) is 5.91. The third kappa shape index (κ3) is 5.28. The van der Waals surface area contributed by atoms with Gasteiger partial charge in [0.15, 0.2) is 0 Å². The van der Waals surface area contributed by atoms with E-state index in [1.807, 2.05) is 6.07 Å². The number of nitrogens with zero attached hydrogens (tertiary/aromatic N) is 2. The van der Waals surface area contributed by atoms with Crippen LogP contribution in [0.15, 0.2) is 60.8 Å². The van der Waals surface area contributed by atoms with E-state index in [1.165, 1.54) is 23.3 Å². The summed E-state index contributed by atoms with van der Waals surface area (Å²) in [5.41, 5.74) is 3.52. The number of aromatic nitrogens is 2. The van der Waals surface area contributed by atoms with Crippen molar-refractivity contribution in [1.82, 2.24) is 9.97 Å². The van der Waals surface area contributed by atoms with Crippen molar-refractivity contribution < 1.29 is 4.39 Å². The highest BCUT2D eigenvalue weighted by Gasteiger charge is 2.00. The van der Waals surface area contributed by atoms with Crippen LogP contribution in [0.25, 0.3) is 0 Å². The third-order valence-electron chi connectivity index (χ3n) is 3.86. The maximum Gasteiger partial charge on any atom is 0.224 e. The molecule has 2 N–H and O–H groups in total. The molecule has 5 heteroatoms. The molecule has 4 nitrogen and oxygen atoms in total. The summed E-state index contributed by atoms with van der Waals surface area (Å²) in [7, 11) is 0. The van der Waals surface area contributed by atoms with Crippen LogP contribution in [0.5, 0.6) is 0 Å². The van der Waals surface area contributed by atoms with Crippen molar-refractivity contribution in [3.8, 4) is 0 Å². The summed E-state index contributed by atoms with van der Waals surface area (Å²) in [4.78, 5) is 8.69. The molecule has 0 radical (unpaired) electrons. The quantitative estimate of drug-likeness (QED) is 0.679. The average molecular weight is 336 g/mol. The molecule has 0 aliphatic carbocycles. The number of hydrogen-bond acceptors (Lipinski definition) is 4. The van der Waals surface area contributed by atoms with Gasteiger partial charge in [0.25, 0.3) is 0 Å². The minimum Gasteiger partial charge on any atom is -0.366 e. The molecular weight excluding hydrogens is 315 g/mol. The topological polar surface area (TPSA) is 49.8 Å². The van der Waals surface area contributed by atoms with Crippen LogP contribution < -0.4 is 10.6 Å². The molecule has 0 unspecified atom stereocenters. The molecule has 0 fully saturated rings. The smallest absolute Gasteiger partial charge is 0.224 e. The summed E-state index contributed by atoms with van der Waals surface area (Å²) in [5, 5.41) is 6.50. The molecule has 3 aromatic rings. The third-order valence-corrected chi connectivity index (χ3v) is 3.86. The molecule has 0 amide bonds. The molecule has 1 heterocycles. The highest BCUT2D eigenvalue weighted by Crippen LogP contribution is 2.10. The van der Waals surface area contributed by atoms with E-state index in [9.17, 15) is 4.39 Å². The van der Waals surface area contributed by atoms with E-state index in [4.69, 9.17) is 0 Å². The second-order valence-corrected chi connectivity index (χ2v) is 5.91. The predicted molar refractivity (Wildman–Crippen MR) is 99.1 cm³/mol. The van der Waals surface area contributed by atoms with Gasteiger partial charge in [-0.15, -0.1) is 0 Å². The minimum atomic E-state index is -0.215. The van der Waals surface area contributed by atoms with Gasteiger partial charge in [-0.1, -0.05) is 42.0 Å². The van der Waals surface area contributed by atoms with E-state index < -0.39 is 0 Å². The van der Waals surface area contributed by atoms with Crippen LogP contribution in [0.4, 0.5) is 16.2 Å². The molecule has 3 rings (SSSR count). The molecular formula is C20H21FN4. The van der Waals surface area contributed by atoms with Crippen molar-refractivity contribution in [3.63, 3.8) is 0 Å². The molecule has 0 spiro atoms. The molecule has 0 atom stereocenters. The summed E-state index contributed by atoms with van der Waals surface area (Å²) in [6.07, 6.45) is 2.51. The van der Waals surface area contributed by atoms with Crippen molar-refractivity contribution in [2.24, 2.45) is 0 Å². The number of aryl methyl sites for hydroxylation is 1. The fourth-order valence-corrected chi connectivity index (χ4v) is 2.41. The Morgan fingerprint density at radius 2 is 1.60 bits per heavy atom. The largest absolute Gasteiger partial charge is 0.366 e. The van der Waals surface area contributed by atoms with Crippen LogP contribution in [0.2, 0.25) is 0 Å². The van der Waals surface area contributed by atoms with Gasteiger partial charge >= 0.3 is 0 Å². The van der Waals surface area contributed by atoms with Crippen LogP contribution in [0.1, 0.15) is 16.7 Å². The molecule has 1 aromatic heterocycles. The van der Waals surface area contributed by atoms with Crippen molar-refractivity contribution in [1.29, 1.82) is 0 Å². The van der Waals surface area contributed by atoms with Crippen molar-refractivity contribution >= 4 is 11.8 Å². The zero-order valence-electron chi connectivity index (χ0n) is 14.2. The summed E-state index contributed by atoms with van der Waals surface area (Å²) in [5.74, 6) is 1.14. The first-order chi connectivity index (χ1) is 12.2. The van der Waals surface area contributed by atoms with Crippen molar-refractivity contribution in [2.45, 2.75) is 19.9 Å². The second kappa shape index (κ2) is 8.24. The minimum absolute atomic E-state index is 0.215. The lowest BCUT2D eigenvalue weighted by atomic mass is 10.1. The number of hydrogen-bond donors (Lipinski definition) is 2. The summed E-state index contributed by atoms with van der Waals surface area (Å²) in [6, 6.07) is 16.8. The van der Waals surface area contributed by atoms with E-state index in [1.54, 1.807) is 18.3 Å². The molecule has 25 heavy (non-hydrogen) atoms. The predicted octanol–water partition coefficient (Wildman–Crippen LogP) is 4.19. The average Bonchev–Trinajstić information content (AvgIpc) is 2.63. The zero-order valence-corrected chi connectivity index (χ0v) is 14.2. The van der Waals surface area contributed by atoms with E-state index in [0.717, 1.165) is 17.8 Å². The zero-order chi connectivity index (χ0) is 17.5. The Hall–Kier alpha value is -2.95. The molecule has 0 aliphatic rings. The van der Waals surface area contributed by atoms with Gasteiger partial charge < -0.3 is 10.6 Å².